The van der Waals surface area contributed by atoms with Crippen LogP contribution in [-0.4, -0.2) is 13.1 Å². The monoisotopic (exact) mass is 152 g/mol. The molecule has 0 spiro atoms. The van der Waals surface area contributed by atoms with E-state index in [2.05, 4.69) is 11.3 Å². The molecular formula is C9H12O2. The first-order chi connectivity index (χ1) is 5.26. The molecular weight excluding hydrogens is 140 g/mol. The van der Waals surface area contributed by atoms with Crippen LogP contribution in [0.25, 0.3) is 0 Å². The van der Waals surface area contributed by atoms with Crippen molar-refractivity contribution in [2.45, 2.75) is 6.92 Å². The zero-order valence-corrected chi connectivity index (χ0v) is 6.83. The van der Waals surface area contributed by atoms with Crippen LogP contribution in [0.4, 0.5) is 0 Å². The molecule has 0 rings (SSSR count). The number of carbonyl (C=O) groups excluding carboxylic acids is 1. The van der Waals surface area contributed by atoms with Crippen molar-refractivity contribution >= 4 is 5.97 Å². The molecule has 0 aromatic carbocycles. The second-order valence-electron chi connectivity index (χ2n) is 1.85. The minimum Gasteiger partial charge on any atom is -0.465 e. The summed E-state index contributed by atoms with van der Waals surface area (Å²) in [7, 11) is 1.35. The van der Waals surface area contributed by atoms with E-state index < -0.39 is 0 Å². The summed E-state index contributed by atoms with van der Waals surface area (Å²) in [6.45, 7) is 5.31. The standard InChI is InChI=1S/C9H12O2/c1-4-6-8(7-5-2)9(10)11-3/h4-7H,1H2,2-3H3. The molecule has 2 heteroatoms. The summed E-state index contributed by atoms with van der Waals surface area (Å²) in [5.41, 5.74) is 0.505. The molecule has 2 nitrogen and oxygen atoms in total. The Kier molecular flexibility index (Phi) is 4.82. The number of esters is 1. The van der Waals surface area contributed by atoms with Crippen LogP contribution in [0.5, 0.6) is 0 Å². The minimum atomic E-state index is -0.344. The third-order valence-corrected chi connectivity index (χ3v) is 1.06. The van der Waals surface area contributed by atoms with Gasteiger partial charge in [-0.1, -0.05) is 24.8 Å². The van der Waals surface area contributed by atoms with Crippen molar-refractivity contribution in [3.8, 4) is 0 Å². The van der Waals surface area contributed by atoms with Crippen LogP contribution >= 0.6 is 0 Å². The Morgan fingerprint density at radius 1 is 1.55 bits per heavy atom. The van der Waals surface area contributed by atoms with Gasteiger partial charge in [-0.05, 0) is 13.0 Å². The van der Waals surface area contributed by atoms with Crippen LogP contribution in [0.15, 0.2) is 36.5 Å². The van der Waals surface area contributed by atoms with Crippen LogP contribution in [0.3, 0.4) is 0 Å². The average molecular weight is 152 g/mol. The molecule has 0 amide bonds. The highest BCUT2D eigenvalue weighted by atomic mass is 16.5. The first-order valence-electron chi connectivity index (χ1n) is 3.30. The summed E-state index contributed by atoms with van der Waals surface area (Å²) < 4.78 is 4.51. The molecule has 0 radical (unpaired) electrons. The molecule has 0 saturated heterocycles. The SMILES string of the molecule is C=CC=C(C=CC)C(=O)OC. The number of hydrogen-bond acceptors (Lipinski definition) is 2. The number of ether oxygens (including phenoxy) is 1. The van der Waals surface area contributed by atoms with Gasteiger partial charge in [0.25, 0.3) is 0 Å². The third-order valence-electron chi connectivity index (χ3n) is 1.06. The molecule has 0 atom stereocenters. The highest BCUT2D eigenvalue weighted by Gasteiger charge is 2.02. The fourth-order valence-corrected chi connectivity index (χ4v) is 0.616. The summed E-state index contributed by atoms with van der Waals surface area (Å²) in [6.07, 6.45) is 6.60. The Morgan fingerprint density at radius 3 is 2.55 bits per heavy atom. The zero-order chi connectivity index (χ0) is 8.69. The van der Waals surface area contributed by atoms with Crippen molar-refractivity contribution in [2.75, 3.05) is 7.11 Å². The summed E-state index contributed by atoms with van der Waals surface area (Å²) in [4.78, 5) is 10.9. The molecule has 11 heavy (non-hydrogen) atoms. The van der Waals surface area contributed by atoms with Gasteiger partial charge < -0.3 is 4.74 Å². The Morgan fingerprint density at radius 2 is 2.18 bits per heavy atom. The number of methoxy groups -OCH3 is 1. The van der Waals surface area contributed by atoms with Crippen molar-refractivity contribution in [1.29, 1.82) is 0 Å². The maximum atomic E-state index is 10.9. The Bertz CT molecular complexity index is 200. The van der Waals surface area contributed by atoms with Gasteiger partial charge in [-0.25, -0.2) is 4.79 Å². The van der Waals surface area contributed by atoms with Gasteiger partial charge in [0.2, 0.25) is 0 Å². The van der Waals surface area contributed by atoms with Crippen molar-refractivity contribution < 1.29 is 9.53 Å². The van der Waals surface area contributed by atoms with Crippen molar-refractivity contribution in [3.63, 3.8) is 0 Å². The summed E-state index contributed by atoms with van der Waals surface area (Å²) >= 11 is 0. The lowest BCUT2D eigenvalue weighted by atomic mass is 10.2. The van der Waals surface area contributed by atoms with Gasteiger partial charge in [-0.15, -0.1) is 0 Å². The van der Waals surface area contributed by atoms with E-state index in [0.29, 0.717) is 5.57 Å². The van der Waals surface area contributed by atoms with Crippen LogP contribution in [0.2, 0.25) is 0 Å². The van der Waals surface area contributed by atoms with E-state index in [1.165, 1.54) is 7.11 Å². The van der Waals surface area contributed by atoms with E-state index in [0.717, 1.165) is 0 Å². The van der Waals surface area contributed by atoms with Crippen molar-refractivity contribution in [2.24, 2.45) is 0 Å². The molecule has 0 saturated carbocycles. The maximum absolute atomic E-state index is 10.9. The lowest BCUT2D eigenvalue weighted by molar-refractivity contribution is -0.135. The second-order valence-corrected chi connectivity index (χ2v) is 1.85. The number of hydrogen-bond donors (Lipinski definition) is 0. The first-order valence-corrected chi connectivity index (χ1v) is 3.30. The average Bonchev–Trinajstić information content (AvgIpc) is 2.03. The third kappa shape index (κ3) is 3.40. The van der Waals surface area contributed by atoms with Crippen LogP contribution in [0.1, 0.15) is 6.92 Å². The van der Waals surface area contributed by atoms with E-state index in [1.807, 2.05) is 6.92 Å². The van der Waals surface area contributed by atoms with Crippen LogP contribution in [-0.2, 0) is 9.53 Å². The van der Waals surface area contributed by atoms with Gasteiger partial charge in [-0.3, -0.25) is 0 Å². The minimum absolute atomic E-state index is 0.344. The van der Waals surface area contributed by atoms with Gasteiger partial charge in [0, 0.05) is 0 Å². The Balaban J connectivity index is 4.46. The van der Waals surface area contributed by atoms with E-state index in [4.69, 9.17) is 0 Å². The Hall–Kier alpha value is -1.31. The topological polar surface area (TPSA) is 26.3 Å². The first kappa shape index (κ1) is 9.69. The fourth-order valence-electron chi connectivity index (χ4n) is 0.616. The lowest BCUT2D eigenvalue weighted by Crippen LogP contribution is -2.01. The highest BCUT2D eigenvalue weighted by molar-refractivity contribution is 5.91. The number of carbonyl (C=O) groups is 1. The second kappa shape index (κ2) is 5.47. The molecule has 0 bridgehead atoms. The molecule has 0 N–H and O–H groups in total. The highest BCUT2D eigenvalue weighted by Crippen LogP contribution is 1.99. The molecule has 0 aliphatic carbocycles. The smallest absolute Gasteiger partial charge is 0.337 e. The van der Waals surface area contributed by atoms with Gasteiger partial charge in [0.1, 0.15) is 0 Å². The van der Waals surface area contributed by atoms with E-state index in [9.17, 15) is 4.79 Å². The van der Waals surface area contributed by atoms with Crippen molar-refractivity contribution in [3.05, 3.63) is 36.5 Å². The maximum Gasteiger partial charge on any atom is 0.337 e. The largest absolute Gasteiger partial charge is 0.465 e. The normalized spacial score (nSPS) is 11.6. The van der Waals surface area contributed by atoms with E-state index in [-0.39, 0.29) is 5.97 Å². The summed E-state index contributed by atoms with van der Waals surface area (Å²) in [5, 5.41) is 0. The summed E-state index contributed by atoms with van der Waals surface area (Å²) in [6, 6.07) is 0. The van der Waals surface area contributed by atoms with Crippen molar-refractivity contribution in [1.82, 2.24) is 0 Å². The van der Waals surface area contributed by atoms with Gasteiger partial charge in [-0.2, -0.15) is 0 Å². The van der Waals surface area contributed by atoms with E-state index >= 15 is 0 Å². The molecule has 0 aliphatic heterocycles. The van der Waals surface area contributed by atoms with Crippen LogP contribution < -0.4 is 0 Å². The van der Waals surface area contributed by atoms with Gasteiger partial charge in [0.05, 0.1) is 12.7 Å². The predicted molar refractivity (Wildman–Crippen MR) is 45.1 cm³/mol. The quantitative estimate of drug-likeness (QED) is 0.350. The molecule has 0 unspecified atom stereocenters. The molecule has 0 aliphatic rings. The van der Waals surface area contributed by atoms with Gasteiger partial charge >= 0.3 is 5.97 Å². The zero-order valence-electron chi connectivity index (χ0n) is 6.83. The molecule has 60 valence electrons. The predicted octanol–water partition coefficient (Wildman–Crippen LogP) is 1.85. The number of rotatable bonds is 3. The molecule has 0 aromatic heterocycles. The summed E-state index contributed by atoms with van der Waals surface area (Å²) in [5.74, 6) is -0.344. The van der Waals surface area contributed by atoms with E-state index in [1.54, 1.807) is 24.3 Å². The Labute approximate surface area is 66.9 Å². The molecule has 0 fully saturated rings. The fraction of sp³-hybridized carbons (Fsp3) is 0.222. The lowest BCUT2D eigenvalue weighted by Gasteiger charge is -1.96. The van der Waals surface area contributed by atoms with Gasteiger partial charge in [0.15, 0.2) is 0 Å². The molecule has 0 heterocycles. The molecule has 0 aromatic rings. The number of allylic oxidation sites excluding steroid dienone is 3. The van der Waals surface area contributed by atoms with Crippen LogP contribution in [0, 0.1) is 0 Å².